The molecular formula is C17H24N4O3. The Labute approximate surface area is 141 Å². The van der Waals surface area contributed by atoms with Crippen LogP contribution in [0.3, 0.4) is 0 Å². The molecule has 1 aliphatic carbocycles. The Morgan fingerprint density at radius 1 is 1.29 bits per heavy atom. The molecule has 2 heterocycles. The first kappa shape index (κ1) is 16.5. The summed E-state index contributed by atoms with van der Waals surface area (Å²) < 4.78 is 10.7. The molecule has 0 atom stereocenters. The molecule has 0 radical (unpaired) electrons. The Morgan fingerprint density at radius 3 is 2.75 bits per heavy atom. The van der Waals surface area contributed by atoms with Gasteiger partial charge in [0.25, 0.3) is 0 Å². The smallest absolute Gasteiger partial charge is 0.320 e. The fourth-order valence-corrected chi connectivity index (χ4v) is 3.29. The van der Waals surface area contributed by atoms with Crippen molar-refractivity contribution in [2.45, 2.75) is 64.8 Å². The molecule has 1 fully saturated rings. The van der Waals surface area contributed by atoms with E-state index in [2.05, 4.69) is 27.9 Å². The second-order valence-electron chi connectivity index (χ2n) is 6.68. The molecule has 24 heavy (non-hydrogen) atoms. The zero-order valence-corrected chi connectivity index (χ0v) is 14.4. The molecule has 0 saturated heterocycles. The van der Waals surface area contributed by atoms with E-state index >= 15 is 0 Å². The van der Waals surface area contributed by atoms with Crippen LogP contribution < -0.4 is 10.6 Å². The van der Waals surface area contributed by atoms with Gasteiger partial charge in [0.15, 0.2) is 5.82 Å². The van der Waals surface area contributed by atoms with Gasteiger partial charge in [-0.15, -0.1) is 0 Å². The van der Waals surface area contributed by atoms with Crippen LogP contribution >= 0.6 is 0 Å². The number of aromatic nitrogens is 2. The van der Waals surface area contributed by atoms with Crippen LogP contribution in [0.5, 0.6) is 0 Å². The number of carbonyl (C=O) groups is 1. The zero-order valence-electron chi connectivity index (χ0n) is 14.4. The van der Waals surface area contributed by atoms with Crippen molar-refractivity contribution in [2.75, 3.05) is 5.32 Å². The number of amides is 2. The zero-order chi connectivity index (χ0) is 17.2. The van der Waals surface area contributed by atoms with Crippen molar-refractivity contribution in [1.82, 2.24) is 15.6 Å². The van der Waals surface area contributed by atoms with E-state index in [1.807, 2.05) is 19.9 Å². The second kappa shape index (κ2) is 6.67. The van der Waals surface area contributed by atoms with Gasteiger partial charge in [0.2, 0.25) is 0 Å². The van der Waals surface area contributed by atoms with E-state index in [1.165, 1.54) is 12.8 Å². The highest BCUT2D eigenvalue weighted by atomic mass is 16.5. The fourth-order valence-electron chi connectivity index (χ4n) is 3.29. The van der Waals surface area contributed by atoms with Crippen LogP contribution in [-0.2, 0) is 18.4 Å². The van der Waals surface area contributed by atoms with Crippen LogP contribution in [0.4, 0.5) is 10.6 Å². The lowest BCUT2D eigenvalue weighted by Crippen LogP contribution is -2.28. The molecule has 2 aromatic rings. The molecule has 2 amide bonds. The summed E-state index contributed by atoms with van der Waals surface area (Å²) >= 11 is 0. The lowest BCUT2D eigenvalue weighted by molar-refractivity contribution is 0.251. The van der Waals surface area contributed by atoms with Crippen LogP contribution in [0.25, 0.3) is 0 Å². The van der Waals surface area contributed by atoms with E-state index in [0.29, 0.717) is 12.4 Å². The van der Waals surface area contributed by atoms with E-state index in [9.17, 15) is 4.79 Å². The van der Waals surface area contributed by atoms with E-state index < -0.39 is 0 Å². The van der Waals surface area contributed by atoms with Crippen molar-refractivity contribution in [3.63, 3.8) is 0 Å². The van der Waals surface area contributed by atoms with Crippen molar-refractivity contribution in [2.24, 2.45) is 0 Å². The van der Waals surface area contributed by atoms with Gasteiger partial charge in [-0.3, -0.25) is 5.32 Å². The molecule has 130 valence electrons. The first-order valence-electron chi connectivity index (χ1n) is 8.48. The molecule has 0 unspecified atom stereocenters. The third kappa shape index (κ3) is 3.29. The first-order chi connectivity index (χ1) is 11.5. The molecule has 0 bridgehead atoms. The summed E-state index contributed by atoms with van der Waals surface area (Å²) in [6, 6.07) is 1.50. The van der Waals surface area contributed by atoms with Crippen molar-refractivity contribution in [3.05, 3.63) is 28.8 Å². The summed E-state index contributed by atoms with van der Waals surface area (Å²) in [7, 11) is 0. The standard InChI is InChI=1S/C17H24N4O3/c1-4-13-12(11(2)20-23-13)10-18-16(22)19-15-9-14(24-21-15)17(3)7-5-6-8-17/h9H,4-8,10H2,1-3H3,(H2,18,19,21,22). The number of urea groups is 1. The number of nitrogens with zero attached hydrogens (tertiary/aromatic N) is 2. The molecule has 7 nitrogen and oxygen atoms in total. The topological polar surface area (TPSA) is 93.2 Å². The van der Waals surface area contributed by atoms with Crippen LogP contribution in [0.15, 0.2) is 15.1 Å². The quantitative estimate of drug-likeness (QED) is 0.871. The lowest BCUT2D eigenvalue weighted by atomic mass is 9.86. The Balaban J connectivity index is 1.57. The van der Waals surface area contributed by atoms with Gasteiger partial charge >= 0.3 is 6.03 Å². The minimum absolute atomic E-state index is 0.0407. The highest BCUT2D eigenvalue weighted by molar-refractivity contribution is 5.88. The first-order valence-corrected chi connectivity index (χ1v) is 8.48. The number of hydrogen-bond donors (Lipinski definition) is 2. The van der Waals surface area contributed by atoms with Gasteiger partial charge in [-0.1, -0.05) is 37.0 Å². The van der Waals surface area contributed by atoms with Crippen LogP contribution in [-0.4, -0.2) is 16.3 Å². The van der Waals surface area contributed by atoms with E-state index in [0.717, 1.165) is 42.0 Å². The Morgan fingerprint density at radius 2 is 2.04 bits per heavy atom. The van der Waals surface area contributed by atoms with Crippen molar-refractivity contribution >= 4 is 11.8 Å². The summed E-state index contributed by atoms with van der Waals surface area (Å²) in [6.45, 7) is 6.41. The molecule has 0 spiro atoms. The molecule has 3 rings (SSSR count). The van der Waals surface area contributed by atoms with Crippen molar-refractivity contribution < 1.29 is 13.8 Å². The van der Waals surface area contributed by atoms with Gasteiger partial charge in [-0.2, -0.15) is 0 Å². The number of aryl methyl sites for hydroxylation is 2. The fraction of sp³-hybridized carbons (Fsp3) is 0.588. The average molecular weight is 332 g/mol. The lowest BCUT2D eigenvalue weighted by Gasteiger charge is -2.18. The Kier molecular flexibility index (Phi) is 4.59. The monoisotopic (exact) mass is 332 g/mol. The summed E-state index contributed by atoms with van der Waals surface area (Å²) in [4.78, 5) is 12.1. The SMILES string of the molecule is CCc1onc(C)c1CNC(=O)Nc1cc(C2(C)CCCC2)on1. The molecule has 1 aliphatic rings. The largest absolute Gasteiger partial charge is 0.361 e. The van der Waals surface area contributed by atoms with Gasteiger partial charge in [0.05, 0.1) is 5.69 Å². The number of carbonyl (C=O) groups excluding carboxylic acids is 1. The molecule has 2 aromatic heterocycles. The summed E-state index contributed by atoms with van der Waals surface area (Å²) in [5, 5.41) is 13.4. The van der Waals surface area contributed by atoms with Crippen LogP contribution in [0.1, 0.15) is 62.3 Å². The molecule has 2 N–H and O–H groups in total. The second-order valence-corrected chi connectivity index (χ2v) is 6.68. The predicted octanol–water partition coefficient (Wildman–Crippen LogP) is 3.69. The predicted molar refractivity (Wildman–Crippen MR) is 88.8 cm³/mol. The van der Waals surface area contributed by atoms with E-state index in [4.69, 9.17) is 9.05 Å². The average Bonchev–Trinajstić information content (AvgIpc) is 3.26. The number of nitrogens with one attached hydrogen (secondary N) is 2. The van der Waals surface area contributed by atoms with Gasteiger partial charge in [-0.25, -0.2) is 4.79 Å². The highest BCUT2D eigenvalue weighted by Gasteiger charge is 2.34. The van der Waals surface area contributed by atoms with Gasteiger partial charge in [0, 0.05) is 30.0 Å². The third-order valence-corrected chi connectivity index (χ3v) is 4.87. The maximum atomic E-state index is 12.1. The summed E-state index contributed by atoms with van der Waals surface area (Å²) in [5.74, 6) is 2.08. The third-order valence-electron chi connectivity index (χ3n) is 4.87. The highest BCUT2D eigenvalue weighted by Crippen LogP contribution is 2.41. The number of hydrogen-bond acceptors (Lipinski definition) is 5. The number of anilines is 1. The van der Waals surface area contributed by atoms with Gasteiger partial charge in [0.1, 0.15) is 11.5 Å². The van der Waals surface area contributed by atoms with Crippen molar-refractivity contribution in [1.29, 1.82) is 0 Å². The summed E-state index contributed by atoms with van der Waals surface area (Å²) in [5.41, 5.74) is 1.76. The maximum Gasteiger partial charge on any atom is 0.320 e. The van der Waals surface area contributed by atoms with Crippen molar-refractivity contribution in [3.8, 4) is 0 Å². The number of rotatable bonds is 5. The Bertz CT molecular complexity index is 713. The molecule has 1 saturated carbocycles. The summed E-state index contributed by atoms with van der Waals surface area (Å²) in [6.07, 6.45) is 5.35. The molecular weight excluding hydrogens is 308 g/mol. The van der Waals surface area contributed by atoms with Crippen LogP contribution in [0, 0.1) is 6.92 Å². The molecule has 0 aromatic carbocycles. The van der Waals surface area contributed by atoms with Gasteiger partial charge in [-0.05, 0) is 19.8 Å². The van der Waals surface area contributed by atoms with Gasteiger partial charge < -0.3 is 14.4 Å². The molecule has 0 aliphatic heterocycles. The van der Waals surface area contributed by atoms with E-state index in [1.54, 1.807) is 0 Å². The van der Waals surface area contributed by atoms with Crippen LogP contribution in [0.2, 0.25) is 0 Å². The Hall–Kier alpha value is -2.31. The minimum atomic E-state index is -0.325. The molecule has 7 heteroatoms. The van der Waals surface area contributed by atoms with E-state index in [-0.39, 0.29) is 11.4 Å². The maximum absolute atomic E-state index is 12.1. The minimum Gasteiger partial charge on any atom is -0.361 e. The normalized spacial score (nSPS) is 16.3.